The number of imidazole rings is 1. The number of carbonyl (C=O) groups is 1. The molecule has 2 saturated heterocycles. The summed E-state index contributed by atoms with van der Waals surface area (Å²) in [5, 5.41) is 2.10. The second-order valence-electron chi connectivity index (χ2n) is 6.80. The van der Waals surface area contributed by atoms with E-state index in [0.717, 1.165) is 43.1 Å². The molecule has 2 aromatic heterocycles. The number of aryl methyl sites for hydroxylation is 1. The number of rotatable bonds is 2. The van der Waals surface area contributed by atoms with Gasteiger partial charge in [-0.2, -0.15) is 0 Å². The first kappa shape index (κ1) is 15.1. The molecular formula is C17H24N4OS. The summed E-state index contributed by atoms with van der Waals surface area (Å²) in [6, 6.07) is 0.908. The zero-order chi connectivity index (χ0) is 16.0. The standard InChI is InChI=1S/C17H24N4OS/c1-12-16(21-9-10-23-17(21)18-12)11-19-7-4-3-5-15-14(19)6-8-20(15)13(2)22/h9-10,14-15H,3-8,11H2,1-2H3/t14-,15-/m1/s1. The lowest BCUT2D eigenvalue weighted by molar-refractivity contribution is -0.130. The van der Waals surface area contributed by atoms with Crippen molar-refractivity contribution >= 4 is 22.2 Å². The average molecular weight is 332 g/mol. The van der Waals surface area contributed by atoms with Crippen molar-refractivity contribution in [2.45, 2.75) is 58.2 Å². The van der Waals surface area contributed by atoms with E-state index in [-0.39, 0.29) is 5.91 Å². The van der Waals surface area contributed by atoms with Gasteiger partial charge in [-0.1, -0.05) is 6.42 Å². The van der Waals surface area contributed by atoms with Gasteiger partial charge in [0.2, 0.25) is 5.91 Å². The maximum atomic E-state index is 11.9. The van der Waals surface area contributed by atoms with Gasteiger partial charge in [0.1, 0.15) is 0 Å². The summed E-state index contributed by atoms with van der Waals surface area (Å²) in [6.07, 6.45) is 6.83. The number of likely N-dealkylation sites (tertiary alicyclic amines) is 2. The highest BCUT2D eigenvalue weighted by atomic mass is 32.1. The zero-order valence-electron chi connectivity index (χ0n) is 13.9. The molecule has 2 atom stereocenters. The molecule has 2 fully saturated rings. The molecule has 0 radical (unpaired) electrons. The van der Waals surface area contributed by atoms with Crippen LogP contribution in [0.15, 0.2) is 11.6 Å². The summed E-state index contributed by atoms with van der Waals surface area (Å²) in [6.45, 7) is 6.81. The Labute approximate surface area is 140 Å². The van der Waals surface area contributed by atoms with E-state index in [1.54, 1.807) is 18.3 Å². The van der Waals surface area contributed by atoms with Gasteiger partial charge in [-0.25, -0.2) is 4.98 Å². The molecule has 0 N–H and O–H groups in total. The molecule has 0 aromatic carbocycles. The summed E-state index contributed by atoms with van der Waals surface area (Å²) in [5.74, 6) is 0.236. The van der Waals surface area contributed by atoms with Gasteiger partial charge >= 0.3 is 0 Å². The predicted octanol–water partition coefficient (Wildman–Crippen LogP) is 2.68. The third-order valence-corrected chi connectivity index (χ3v) is 6.25. The molecule has 0 spiro atoms. The largest absolute Gasteiger partial charge is 0.338 e. The maximum absolute atomic E-state index is 11.9. The second-order valence-corrected chi connectivity index (χ2v) is 7.67. The molecule has 2 aromatic rings. The van der Waals surface area contributed by atoms with Crippen LogP contribution in [-0.2, 0) is 11.3 Å². The van der Waals surface area contributed by atoms with E-state index >= 15 is 0 Å². The lowest BCUT2D eigenvalue weighted by Gasteiger charge is -2.32. The van der Waals surface area contributed by atoms with Crippen molar-refractivity contribution in [2.75, 3.05) is 13.1 Å². The highest BCUT2D eigenvalue weighted by Gasteiger charge is 2.40. The fraction of sp³-hybridized carbons (Fsp3) is 0.647. The molecule has 4 rings (SSSR count). The SMILES string of the molecule is CC(=O)N1CC[C@@H]2[C@H]1CCCCN2Cc1c(C)nc2sccn12. The van der Waals surface area contributed by atoms with Crippen molar-refractivity contribution in [1.29, 1.82) is 0 Å². The van der Waals surface area contributed by atoms with Gasteiger partial charge in [-0.3, -0.25) is 14.1 Å². The van der Waals surface area contributed by atoms with Crippen LogP contribution in [0.2, 0.25) is 0 Å². The highest BCUT2D eigenvalue weighted by Crippen LogP contribution is 2.31. The van der Waals surface area contributed by atoms with Crippen molar-refractivity contribution in [1.82, 2.24) is 19.2 Å². The van der Waals surface area contributed by atoms with E-state index in [0.29, 0.717) is 12.1 Å². The van der Waals surface area contributed by atoms with Gasteiger partial charge in [0.05, 0.1) is 11.4 Å². The van der Waals surface area contributed by atoms with E-state index in [9.17, 15) is 4.79 Å². The van der Waals surface area contributed by atoms with Gasteiger partial charge < -0.3 is 4.90 Å². The Kier molecular flexibility index (Phi) is 3.89. The minimum absolute atomic E-state index is 0.236. The molecule has 5 nitrogen and oxygen atoms in total. The van der Waals surface area contributed by atoms with Crippen LogP contribution in [0.3, 0.4) is 0 Å². The number of aromatic nitrogens is 2. The summed E-state index contributed by atoms with van der Waals surface area (Å²) >= 11 is 1.69. The van der Waals surface area contributed by atoms with Crippen molar-refractivity contribution in [3.8, 4) is 0 Å². The first-order valence-electron chi connectivity index (χ1n) is 8.57. The number of amides is 1. The van der Waals surface area contributed by atoms with Gasteiger partial charge in [0.15, 0.2) is 4.96 Å². The maximum Gasteiger partial charge on any atom is 0.219 e. The molecular weight excluding hydrogens is 308 g/mol. The van der Waals surface area contributed by atoms with Crippen LogP contribution in [0.5, 0.6) is 0 Å². The van der Waals surface area contributed by atoms with Crippen LogP contribution in [0, 0.1) is 6.92 Å². The fourth-order valence-corrected chi connectivity index (χ4v) is 5.14. The number of hydrogen-bond acceptors (Lipinski definition) is 4. The average Bonchev–Trinajstić information content (AvgIpc) is 3.16. The Morgan fingerprint density at radius 2 is 2.17 bits per heavy atom. The Morgan fingerprint density at radius 1 is 1.30 bits per heavy atom. The van der Waals surface area contributed by atoms with E-state index in [1.807, 2.05) is 0 Å². The minimum atomic E-state index is 0.236. The van der Waals surface area contributed by atoms with Crippen LogP contribution in [-0.4, -0.2) is 50.3 Å². The predicted molar refractivity (Wildman–Crippen MR) is 91.6 cm³/mol. The molecule has 6 heteroatoms. The van der Waals surface area contributed by atoms with Crippen LogP contribution < -0.4 is 0 Å². The van der Waals surface area contributed by atoms with E-state index in [4.69, 9.17) is 0 Å². The first-order valence-corrected chi connectivity index (χ1v) is 9.45. The molecule has 0 bridgehead atoms. The minimum Gasteiger partial charge on any atom is -0.338 e. The summed E-state index contributed by atoms with van der Waals surface area (Å²) in [7, 11) is 0. The van der Waals surface area contributed by atoms with Crippen molar-refractivity contribution in [3.05, 3.63) is 23.0 Å². The lowest BCUT2D eigenvalue weighted by Crippen LogP contribution is -2.45. The Morgan fingerprint density at radius 3 is 3.00 bits per heavy atom. The number of thiazole rings is 1. The summed E-state index contributed by atoms with van der Waals surface area (Å²) in [4.78, 5) is 22.4. The number of fused-ring (bicyclic) bond motifs is 2. The van der Waals surface area contributed by atoms with Gasteiger partial charge in [0, 0.05) is 43.7 Å². The van der Waals surface area contributed by atoms with Crippen LogP contribution in [0.25, 0.3) is 4.96 Å². The second kappa shape index (κ2) is 5.91. The van der Waals surface area contributed by atoms with Gasteiger partial charge in [-0.05, 0) is 32.7 Å². The van der Waals surface area contributed by atoms with E-state index < -0.39 is 0 Å². The van der Waals surface area contributed by atoms with Crippen molar-refractivity contribution < 1.29 is 4.79 Å². The zero-order valence-corrected chi connectivity index (χ0v) is 14.7. The van der Waals surface area contributed by atoms with Crippen LogP contribution >= 0.6 is 11.3 Å². The first-order chi connectivity index (χ1) is 11.1. The third kappa shape index (κ3) is 2.58. The summed E-state index contributed by atoms with van der Waals surface area (Å²) < 4.78 is 2.23. The number of nitrogens with zero attached hydrogens (tertiary/aromatic N) is 4. The Hall–Kier alpha value is -1.40. The third-order valence-electron chi connectivity index (χ3n) is 5.49. The number of carbonyl (C=O) groups excluding carboxylic acids is 1. The molecule has 0 saturated carbocycles. The van der Waals surface area contributed by atoms with E-state index in [2.05, 4.69) is 37.7 Å². The quantitative estimate of drug-likeness (QED) is 0.849. The van der Waals surface area contributed by atoms with E-state index in [1.165, 1.54) is 18.5 Å². The highest BCUT2D eigenvalue weighted by molar-refractivity contribution is 7.15. The van der Waals surface area contributed by atoms with Crippen LogP contribution in [0.4, 0.5) is 0 Å². The molecule has 2 aliphatic heterocycles. The van der Waals surface area contributed by atoms with Gasteiger partial charge in [-0.15, -0.1) is 11.3 Å². The summed E-state index contributed by atoms with van der Waals surface area (Å²) in [5.41, 5.74) is 2.45. The Balaban J connectivity index is 1.61. The molecule has 2 aliphatic rings. The normalized spacial score (nSPS) is 25.7. The molecule has 1 amide bonds. The topological polar surface area (TPSA) is 40.9 Å². The van der Waals surface area contributed by atoms with Crippen molar-refractivity contribution in [2.24, 2.45) is 0 Å². The monoisotopic (exact) mass is 332 g/mol. The molecule has 0 unspecified atom stereocenters. The van der Waals surface area contributed by atoms with Crippen LogP contribution in [0.1, 0.15) is 44.0 Å². The lowest BCUT2D eigenvalue weighted by atomic mass is 10.0. The van der Waals surface area contributed by atoms with Gasteiger partial charge in [0.25, 0.3) is 0 Å². The smallest absolute Gasteiger partial charge is 0.219 e. The number of hydrogen-bond donors (Lipinski definition) is 0. The molecule has 0 aliphatic carbocycles. The van der Waals surface area contributed by atoms with Crippen molar-refractivity contribution in [3.63, 3.8) is 0 Å². The fourth-order valence-electron chi connectivity index (χ4n) is 4.36. The molecule has 23 heavy (non-hydrogen) atoms. The molecule has 124 valence electrons. The molecule has 4 heterocycles. The Bertz CT molecular complexity index is 721.